The lowest BCUT2D eigenvalue weighted by Crippen LogP contribution is -2.45. The van der Waals surface area contributed by atoms with Gasteiger partial charge in [-0.1, -0.05) is 49.4 Å². The van der Waals surface area contributed by atoms with Crippen LogP contribution in [0.15, 0.2) is 58.3 Å². The van der Waals surface area contributed by atoms with Crippen molar-refractivity contribution >= 4 is 34.1 Å². The first-order valence-electron chi connectivity index (χ1n) is 6.36. The van der Waals surface area contributed by atoms with Crippen LogP contribution in [0.25, 0.3) is 5.70 Å². The van der Waals surface area contributed by atoms with Crippen molar-refractivity contribution in [3.8, 4) is 0 Å². The molecule has 0 aromatic heterocycles. The first-order valence-corrected chi connectivity index (χ1v) is 7.44. The van der Waals surface area contributed by atoms with Gasteiger partial charge in [0.15, 0.2) is 0 Å². The van der Waals surface area contributed by atoms with Crippen molar-refractivity contribution < 1.29 is 4.79 Å². The van der Waals surface area contributed by atoms with E-state index < -0.39 is 5.54 Å². The van der Waals surface area contributed by atoms with Gasteiger partial charge in [0, 0.05) is 6.20 Å². The summed E-state index contributed by atoms with van der Waals surface area (Å²) >= 11 is 2.18. The van der Waals surface area contributed by atoms with Crippen LogP contribution < -0.4 is 0 Å². The second-order valence-electron chi connectivity index (χ2n) is 4.71. The number of hydrogen-bond donors (Lipinski definition) is 0. The fraction of sp³-hybridized carbons (Fsp3) is 0.188. The third-order valence-corrected chi connectivity index (χ3v) is 4.78. The summed E-state index contributed by atoms with van der Waals surface area (Å²) in [4.78, 5) is 14.8. The molecule has 3 rings (SSSR count). The molecule has 1 aromatic carbocycles. The van der Waals surface area contributed by atoms with Crippen molar-refractivity contribution in [2.24, 2.45) is 0 Å². The summed E-state index contributed by atoms with van der Waals surface area (Å²) in [5.74, 6) is 0.204. The highest BCUT2D eigenvalue weighted by Crippen LogP contribution is 2.46. The minimum atomic E-state index is -0.517. The predicted molar refractivity (Wildman–Crippen MR) is 85.5 cm³/mol. The summed E-state index contributed by atoms with van der Waals surface area (Å²) in [7, 11) is 0. The Bertz CT molecular complexity index is 615. The van der Waals surface area contributed by atoms with Gasteiger partial charge in [-0.05, 0) is 40.7 Å². The van der Waals surface area contributed by atoms with E-state index in [1.165, 1.54) is 0 Å². The highest BCUT2D eigenvalue weighted by molar-refractivity contribution is 14.1. The van der Waals surface area contributed by atoms with Gasteiger partial charge >= 0.3 is 0 Å². The third-order valence-electron chi connectivity index (χ3n) is 3.78. The number of fused-ring (bicyclic) bond motifs is 1. The summed E-state index contributed by atoms with van der Waals surface area (Å²) in [6.07, 6.45) is 8.75. The molecule has 1 atom stereocenters. The highest BCUT2D eigenvalue weighted by atomic mass is 127. The van der Waals surface area contributed by atoms with Gasteiger partial charge in [0.2, 0.25) is 5.78 Å². The van der Waals surface area contributed by atoms with Crippen molar-refractivity contribution in [2.45, 2.75) is 18.9 Å². The molecule has 0 spiro atoms. The molecule has 0 amide bonds. The zero-order valence-electron chi connectivity index (χ0n) is 10.6. The Morgan fingerprint density at radius 2 is 1.95 bits per heavy atom. The van der Waals surface area contributed by atoms with E-state index in [1.54, 1.807) is 0 Å². The van der Waals surface area contributed by atoms with Gasteiger partial charge in [0.1, 0.15) is 5.54 Å². The van der Waals surface area contributed by atoms with Crippen molar-refractivity contribution in [2.75, 3.05) is 0 Å². The molecule has 0 aliphatic carbocycles. The SMILES string of the molecule is CCC12C=CC=CN1C(c1ccccc1)=C(I)C2=O. The molecule has 2 aliphatic heterocycles. The predicted octanol–water partition coefficient (Wildman–Crippen LogP) is 3.91. The van der Waals surface area contributed by atoms with Crippen LogP contribution in [0.3, 0.4) is 0 Å². The van der Waals surface area contributed by atoms with E-state index in [4.69, 9.17) is 0 Å². The molecule has 0 radical (unpaired) electrons. The van der Waals surface area contributed by atoms with E-state index in [0.717, 1.165) is 21.3 Å². The van der Waals surface area contributed by atoms with E-state index in [0.29, 0.717) is 0 Å². The first-order chi connectivity index (χ1) is 9.20. The lowest BCUT2D eigenvalue weighted by Gasteiger charge is -2.36. The number of halogens is 1. The van der Waals surface area contributed by atoms with Gasteiger partial charge in [0.25, 0.3) is 0 Å². The van der Waals surface area contributed by atoms with Crippen LogP contribution in [0.4, 0.5) is 0 Å². The number of nitrogens with zero attached hydrogens (tertiary/aromatic N) is 1. The smallest absolute Gasteiger partial charge is 0.200 e. The highest BCUT2D eigenvalue weighted by Gasteiger charge is 2.49. The second-order valence-corrected chi connectivity index (χ2v) is 5.78. The van der Waals surface area contributed by atoms with Gasteiger partial charge in [-0.3, -0.25) is 4.79 Å². The van der Waals surface area contributed by atoms with Crippen LogP contribution >= 0.6 is 22.6 Å². The molecule has 2 heterocycles. The minimum absolute atomic E-state index is 0.204. The Morgan fingerprint density at radius 3 is 2.63 bits per heavy atom. The van der Waals surface area contributed by atoms with E-state index >= 15 is 0 Å². The molecular formula is C16H14INO. The summed E-state index contributed by atoms with van der Waals surface area (Å²) < 4.78 is 0.821. The lowest BCUT2D eigenvalue weighted by atomic mass is 9.89. The Hall–Kier alpha value is -1.36. The van der Waals surface area contributed by atoms with Crippen LogP contribution in [-0.4, -0.2) is 16.2 Å². The van der Waals surface area contributed by atoms with Crippen LogP contribution in [0.2, 0.25) is 0 Å². The van der Waals surface area contributed by atoms with Gasteiger partial charge in [0.05, 0.1) is 9.28 Å². The number of carbonyl (C=O) groups is 1. The molecule has 0 saturated heterocycles. The Labute approximate surface area is 126 Å². The molecule has 19 heavy (non-hydrogen) atoms. The zero-order chi connectivity index (χ0) is 13.5. The summed E-state index contributed by atoms with van der Waals surface area (Å²) in [5, 5.41) is 0. The molecule has 0 saturated carbocycles. The molecule has 0 fully saturated rings. The molecule has 96 valence electrons. The standard InChI is InChI=1S/C16H14INO/c1-2-16-10-6-7-11-18(16)14(13(17)15(16)19)12-8-4-3-5-9-12/h3-11H,2H2,1H3. The lowest BCUT2D eigenvalue weighted by molar-refractivity contribution is -0.120. The fourth-order valence-corrected chi connectivity index (χ4v) is 3.78. The number of carbonyl (C=O) groups excluding carboxylic acids is 1. The van der Waals surface area contributed by atoms with Crippen molar-refractivity contribution in [3.63, 3.8) is 0 Å². The third kappa shape index (κ3) is 1.71. The molecule has 1 aromatic rings. The quantitative estimate of drug-likeness (QED) is 0.743. The molecule has 2 nitrogen and oxygen atoms in total. The van der Waals surface area contributed by atoms with Crippen molar-refractivity contribution in [3.05, 3.63) is 63.9 Å². The monoisotopic (exact) mass is 363 g/mol. The maximum atomic E-state index is 12.7. The zero-order valence-corrected chi connectivity index (χ0v) is 12.8. The number of Topliss-reactive ketones (excluding diaryl/α,β-unsaturated/α-hetero) is 1. The molecular weight excluding hydrogens is 349 g/mol. The van der Waals surface area contributed by atoms with Crippen LogP contribution in [0.1, 0.15) is 18.9 Å². The topological polar surface area (TPSA) is 20.3 Å². The van der Waals surface area contributed by atoms with Crippen LogP contribution in [0, 0.1) is 0 Å². The van der Waals surface area contributed by atoms with E-state index in [-0.39, 0.29) is 5.78 Å². The minimum Gasteiger partial charge on any atom is -0.329 e. The van der Waals surface area contributed by atoms with Crippen molar-refractivity contribution in [1.82, 2.24) is 4.90 Å². The molecule has 0 bridgehead atoms. The van der Waals surface area contributed by atoms with Gasteiger partial charge < -0.3 is 4.90 Å². The maximum absolute atomic E-state index is 12.7. The molecule has 0 N–H and O–H groups in total. The number of rotatable bonds is 2. The Kier molecular flexibility index (Phi) is 3.09. The summed E-state index contributed by atoms with van der Waals surface area (Å²) in [5.41, 5.74) is 1.60. The number of benzene rings is 1. The Balaban J connectivity index is 2.18. The maximum Gasteiger partial charge on any atom is 0.200 e. The van der Waals surface area contributed by atoms with Gasteiger partial charge in [-0.15, -0.1) is 0 Å². The normalized spacial score (nSPS) is 25.2. The number of allylic oxidation sites excluding steroid dienone is 2. The number of ketones is 1. The fourth-order valence-electron chi connectivity index (χ4n) is 2.74. The first kappa shape index (κ1) is 12.7. The largest absolute Gasteiger partial charge is 0.329 e. The summed E-state index contributed by atoms with van der Waals surface area (Å²) in [6, 6.07) is 10.1. The Morgan fingerprint density at radius 1 is 1.21 bits per heavy atom. The van der Waals surface area contributed by atoms with Crippen LogP contribution in [-0.2, 0) is 4.79 Å². The number of hydrogen-bond acceptors (Lipinski definition) is 2. The van der Waals surface area contributed by atoms with E-state index in [9.17, 15) is 4.79 Å². The van der Waals surface area contributed by atoms with Gasteiger partial charge in [-0.25, -0.2) is 0 Å². The average Bonchev–Trinajstić information content (AvgIpc) is 2.70. The molecule has 3 heteroatoms. The summed E-state index contributed by atoms with van der Waals surface area (Å²) in [6.45, 7) is 2.06. The van der Waals surface area contributed by atoms with Crippen LogP contribution in [0.5, 0.6) is 0 Å². The molecule has 1 unspecified atom stereocenters. The van der Waals surface area contributed by atoms with Crippen molar-refractivity contribution in [1.29, 1.82) is 0 Å². The molecule has 2 aliphatic rings. The van der Waals surface area contributed by atoms with E-state index in [1.807, 2.05) is 42.6 Å². The second kappa shape index (κ2) is 4.63. The van der Waals surface area contributed by atoms with E-state index in [2.05, 4.69) is 46.5 Å². The average molecular weight is 363 g/mol. The van der Waals surface area contributed by atoms with Gasteiger partial charge in [-0.2, -0.15) is 0 Å².